The predicted octanol–water partition coefficient (Wildman–Crippen LogP) is 5.30. The third kappa shape index (κ3) is 5.25. The minimum atomic E-state index is 0.686. The van der Waals surface area contributed by atoms with Crippen molar-refractivity contribution >= 4 is 34.7 Å². The summed E-state index contributed by atoms with van der Waals surface area (Å²) < 4.78 is 2.10. The summed E-state index contributed by atoms with van der Waals surface area (Å²) in [6.07, 6.45) is 3.62. The van der Waals surface area contributed by atoms with Crippen molar-refractivity contribution in [3.05, 3.63) is 87.6 Å². The van der Waals surface area contributed by atoms with E-state index in [-0.39, 0.29) is 0 Å². The second-order valence-corrected chi connectivity index (χ2v) is 8.82. The molecule has 3 heterocycles. The molecule has 0 atom stereocenters. The van der Waals surface area contributed by atoms with Crippen LogP contribution in [0.15, 0.2) is 70.8 Å². The van der Waals surface area contributed by atoms with E-state index in [1.165, 1.54) is 11.1 Å². The highest BCUT2D eigenvalue weighted by molar-refractivity contribution is 7.98. The maximum Gasteiger partial charge on any atom is 0.196 e. The fourth-order valence-corrected chi connectivity index (χ4v) is 4.76. The second-order valence-electron chi connectivity index (χ2n) is 6.66. The largest absolute Gasteiger partial charge is 0.295 e. The molecule has 1 aromatic carbocycles. The first-order valence-corrected chi connectivity index (χ1v) is 11.4. The van der Waals surface area contributed by atoms with Gasteiger partial charge in [-0.1, -0.05) is 29.4 Å². The van der Waals surface area contributed by atoms with Crippen LogP contribution < -0.4 is 0 Å². The Morgan fingerprint density at radius 3 is 2.69 bits per heavy atom. The highest BCUT2D eigenvalue weighted by Crippen LogP contribution is 2.27. The average Bonchev–Trinajstić information content (AvgIpc) is 3.37. The van der Waals surface area contributed by atoms with Crippen LogP contribution in [-0.2, 0) is 18.8 Å². The summed E-state index contributed by atoms with van der Waals surface area (Å²) in [6.45, 7) is 1.55. The highest BCUT2D eigenvalue weighted by atomic mass is 35.5. The van der Waals surface area contributed by atoms with Gasteiger partial charge in [-0.2, -0.15) is 11.3 Å². The first-order valence-electron chi connectivity index (χ1n) is 9.10. The molecular weight excluding hydrogens is 422 g/mol. The van der Waals surface area contributed by atoms with Gasteiger partial charge in [0.1, 0.15) is 0 Å². The zero-order valence-electron chi connectivity index (χ0n) is 15.9. The van der Waals surface area contributed by atoms with Gasteiger partial charge < -0.3 is 0 Å². The van der Waals surface area contributed by atoms with Gasteiger partial charge in [-0.15, -0.1) is 10.2 Å². The van der Waals surface area contributed by atoms with E-state index in [1.54, 1.807) is 23.1 Å². The average molecular weight is 442 g/mol. The third-order valence-electron chi connectivity index (χ3n) is 4.33. The first-order chi connectivity index (χ1) is 14.2. The number of hydrogen-bond donors (Lipinski definition) is 0. The summed E-state index contributed by atoms with van der Waals surface area (Å²) in [4.78, 5) is 6.32. The Labute approximate surface area is 183 Å². The molecule has 0 bridgehead atoms. The van der Waals surface area contributed by atoms with E-state index in [9.17, 15) is 0 Å². The minimum absolute atomic E-state index is 0.686. The lowest BCUT2D eigenvalue weighted by Crippen LogP contribution is -2.19. The van der Waals surface area contributed by atoms with Crippen LogP contribution in [0.1, 0.15) is 17.0 Å². The molecule has 0 N–H and O–H groups in total. The Bertz CT molecular complexity index is 1050. The van der Waals surface area contributed by atoms with Gasteiger partial charge in [0.05, 0.1) is 12.2 Å². The van der Waals surface area contributed by atoms with E-state index in [1.807, 2.05) is 48.8 Å². The van der Waals surface area contributed by atoms with E-state index in [0.717, 1.165) is 29.0 Å². The molecule has 0 aliphatic heterocycles. The Kier molecular flexibility index (Phi) is 6.61. The molecule has 0 aliphatic rings. The molecule has 8 heteroatoms. The van der Waals surface area contributed by atoms with Gasteiger partial charge in [-0.05, 0) is 65.3 Å². The van der Waals surface area contributed by atoms with Crippen LogP contribution in [0.25, 0.3) is 5.69 Å². The SMILES string of the molecule is CN(Cc1ccsc1)Cc1nnc(SCc2ccncc2)n1-c1cccc(Cl)c1. The molecule has 0 unspecified atom stereocenters. The molecule has 0 amide bonds. The van der Waals surface area contributed by atoms with E-state index >= 15 is 0 Å². The van der Waals surface area contributed by atoms with Crippen molar-refractivity contribution in [3.8, 4) is 5.69 Å². The van der Waals surface area contributed by atoms with Crippen molar-refractivity contribution < 1.29 is 0 Å². The number of nitrogens with zero attached hydrogens (tertiary/aromatic N) is 5. The summed E-state index contributed by atoms with van der Waals surface area (Å²) >= 11 is 9.63. The standard InChI is InChI=1S/C21H20ClN5S2/c1-26(12-17-7-10-28-14-17)13-20-24-25-21(29-15-16-5-8-23-9-6-16)27(20)19-4-2-3-18(22)11-19/h2-11,14H,12-13,15H2,1H3. The summed E-state index contributed by atoms with van der Waals surface area (Å²) in [5.74, 6) is 1.69. The second kappa shape index (κ2) is 9.54. The van der Waals surface area contributed by atoms with E-state index in [4.69, 9.17) is 11.6 Å². The van der Waals surface area contributed by atoms with Crippen molar-refractivity contribution in [1.29, 1.82) is 0 Å². The van der Waals surface area contributed by atoms with Crippen LogP contribution in [0.5, 0.6) is 0 Å². The topological polar surface area (TPSA) is 46.8 Å². The molecule has 4 rings (SSSR count). The molecule has 0 spiro atoms. The van der Waals surface area contributed by atoms with Crippen LogP contribution in [0.2, 0.25) is 5.02 Å². The predicted molar refractivity (Wildman–Crippen MR) is 120 cm³/mol. The highest BCUT2D eigenvalue weighted by Gasteiger charge is 2.17. The molecule has 0 fully saturated rings. The van der Waals surface area contributed by atoms with Crippen LogP contribution in [0, 0.1) is 0 Å². The minimum Gasteiger partial charge on any atom is -0.295 e. The number of aromatic nitrogens is 4. The zero-order valence-corrected chi connectivity index (χ0v) is 18.3. The van der Waals surface area contributed by atoms with Crippen molar-refractivity contribution in [2.75, 3.05) is 7.05 Å². The lowest BCUT2D eigenvalue weighted by molar-refractivity contribution is 0.308. The maximum absolute atomic E-state index is 6.26. The van der Waals surface area contributed by atoms with Crippen LogP contribution in [-0.4, -0.2) is 31.7 Å². The Morgan fingerprint density at radius 1 is 1.07 bits per heavy atom. The van der Waals surface area contributed by atoms with Crippen molar-refractivity contribution in [2.45, 2.75) is 24.0 Å². The van der Waals surface area contributed by atoms with Crippen molar-refractivity contribution in [3.63, 3.8) is 0 Å². The molecule has 0 radical (unpaired) electrons. The van der Waals surface area contributed by atoms with Gasteiger partial charge in [0.25, 0.3) is 0 Å². The molecule has 0 saturated carbocycles. The Morgan fingerprint density at radius 2 is 1.93 bits per heavy atom. The normalized spacial score (nSPS) is 11.3. The van der Waals surface area contributed by atoms with Crippen LogP contribution >= 0.6 is 34.7 Å². The van der Waals surface area contributed by atoms with E-state index in [2.05, 4.69) is 48.5 Å². The Balaban J connectivity index is 1.59. The van der Waals surface area contributed by atoms with Crippen molar-refractivity contribution in [2.24, 2.45) is 0 Å². The molecule has 4 aromatic rings. The molecular formula is C21H20ClN5S2. The fraction of sp³-hybridized carbons (Fsp3) is 0.190. The van der Waals surface area contributed by atoms with Crippen LogP contribution in [0.3, 0.4) is 0 Å². The summed E-state index contributed by atoms with van der Waals surface area (Å²) in [7, 11) is 2.10. The van der Waals surface area contributed by atoms with E-state index in [0.29, 0.717) is 11.6 Å². The van der Waals surface area contributed by atoms with Gasteiger partial charge in [0.15, 0.2) is 11.0 Å². The van der Waals surface area contributed by atoms with Gasteiger partial charge in [0, 0.05) is 29.7 Å². The molecule has 148 valence electrons. The van der Waals surface area contributed by atoms with Crippen LogP contribution in [0.4, 0.5) is 0 Å². The van der Waals surface area contributed by atoms with E-state index < -0.39 is 0 Å². The fourth-order valence-electron chi connectivity index (χ4n) is 2.99. The number of thioether (sulfide) groups is 1. The third-order valence-corrected chi connectivity index (χ3v) is 6.30. The summed E-state index contributed by atoms with van der Waals surface area (Å²) in [6, 6.07) is 14.0. The zero-order chi connectivity index (χ0) is 20.1. The lowest BCUT2D eigenvalue weighted by atomic mass is 10.3. The maximum atomic E-state index is 6.26. The van der Waals surface area contributed by atoms with Gasteiger partial charge in [0.2, 0.25) is 0 Å². The molecule has 0 saturated heterocycles. The number of halogens is 1. The number of rotatable bonds is 8. The Hall–Kier alpha value is -2.19. The number of hydrogen-bond acceptors (Lipinski definition) is 6. The molecule has 0 aliphatic carbocycles. The van der Waals surface area contributed by atoms with Crippen molar-refractivity contribution in [1.82, 2.24) is 24.6 Å². The van der Waals surface area contributed by atoms with Gasteiger partial charge >= 0.3 is 0 Å². The molecule has 5 nitrogen and oxygen atoms in total. The lowest BCUT2D eigenvalue weighted by Gasteiger charge is -2.17. The summed E-state index contributed by atoms with van der Waals surface area (Å²) in [5, 5.41) is 14.8. The monoisotopic (exact) mass is 441 g/mol. The smallest absolute Gasteiger partial charge is 0.196 e. The molecule has 29 heavy (non-hydrogen) atoms. The van der Waals surface area contributed by atoms with Gasteiger partial charge in [-0.3, -0.25) is 14.5 Å². The number of benzene rings is 1. The molecule has 3 aromatic heterocycles. The van der Waals surface area contributed by atoms with Gasteiger partial charge in [-0.25, -0.2) is 0 Å². The summed E-state index contributed by atoms with van der Waals surface area (Å²) in [5.41, 5.74) is 3.47. The number of thiophene rings is 1. The number of pyridine rings is 1. The first kappa shape index (κ1) is 20.1. The quantitative estimate of drug-likeness (QED) is 0.347.